The molecule has 3 aromatic carbocycles. The molecule has 0 unspecified atom stereocenters. The van der Waals surface area contributed by atoms with Crippen molar-refractivity contribution in [2.45, 2.75) is 12.1 Å². The number of nitrogens with one attached hydrogen (secondary N) is 1. The van der Waals surface area contributed by atoms with Crippen molar-refractivity contribution in [3.8, 4) is 17.1 Å². The van der Waals surface area contributed by atoms with Crippen molar-refractivity contribution in [1.29, 1.82) is 0 Å². The molecule has 1 heterocycles. The lowest BCUT2D eigenvalue weighted by atomic mass is 10.2. The summed E-state index contributed by atoms with van der Waals surface area (Å²) >= 11 is 13.2. The number of halogens is 2. The molecular weight excluding hydrogens is 477 g/mol. The molecule has 33 heavy (non-hydrogen) atoms. The van der Waals surface area contributed by atoms with E-state index in [4.69, 9.17) is 23.2 Å². The van der Waals surface area contributed by atoms with Gasteiger partial charge in [-0.05, 0) is 36.8 Å². The number of carbonyl (C=O) groups excluding carboxylic acids is 1. The number of rotatable bonds is 7. The minimum Gasteiger partial charge on any atom is -0.272 e. The second-order valence-corrected chi connectivity index (χ2v) is 8.86. The second-order valence-electron chi connectivity index (χ2n) is 7.10. The van der Waals surface area contributed by atoms with E-state index >= 15 is 0 Å². The second kappa shape index (κ2) is 10.7. The smallest absolute Gasteiger partial charge is 0.250 e. The Bertz CT molecular complexity index is 1290. The quantitative estimate of drug-likeness (QED) is 0.200. The van der Waals surface area contributed by atoms with Gasteiger partial charge >= 0.3 is 0 Å². The highest BCUT2D eigenvalue weighted by molar-refractivity contribution is 7.99. The third-order valence-electron chi connectivity index (χ3n) is 4.64. The summed E-state index contributed by atoms with van der Waals surface area (Å²) in [4.78, 5) is 12.3. The number of aryl methyl sites for hydroxylation is 1. The van der Waals surface area contributed by atoms with Crippen LogP contribution in [0.1, 0.15) is 11.1 Å². The van der Waals surface area contributed by atoms with Gasteiger partial charge in [0.15, 0.2) is 11.0 Å². The van der Waals surface area contributed by atoms with Gasteiger partial charge in [0.2, 0.25) is 0 Å². The van der Waals surface area contributed by atoms with Gasteiger partial charge < -0.3 is 0 Å². The van der Waals surface area contributed by atoms with Crippen molar-refractivity contribution < 1.29 is 4.79 Å². The highest BCUT2D eigenvalue weighted by Crippen LogP contribution is 2.28. The number of hydrogen-bond acceptors (Lipinski definition) is 5. The summed E-state index contributed by atoms with van der Waals surface area (Å²) in [5.74, 6) is 0.563. The highest BCUT2D eigenvalue weighted by atomic mass is 35.5. The number of carbonyl (C=O) groups is 1. The molecule has 6 nitrogen and oxygen atoms in total. The monoisotopic (exact) mass is 495 g/mol. The minimum absolute atomic E-state index is 0.123. The van der Waals surface area contributed by atoms with Gasteiger partial charge in [0, 0.05) is 11.3 Å². The maximum atomic E-state index is 12.3. The fourth-order valence-corrected chi connectivity index (χ4v) is 4.05. The molecule has 0 fully saturated rings. The maximum absolute atomic E-state index is 12.3. The molecule has 4 aromatic rings. The summed E-state index contributed by atoms with van der Waals surface area (Å²) in [6.07, 6.45) is 1.51. The average molecular weight is 496 g/mol. The van der Waals surface area contributed by atoms with Crippen LogP contribution in [-0.2, 0) is 4.79 Å². The van der Waals surface area contributed by atoms with Crippen LogP contribution >= 0.6 is 35.0 Å². The predicted molar refractivity (Wildman–Crippen MR) is 134 cm³/mol. The molecule has 0 saturated carbocycles. The van der Waals surface area contributed by atoms with Crippen LogP contribution in [-0.4, -0.2) is 32.6 Å². The lowest BCUT2D eigenvalue weighted by molar-refractivity contribution is -0.118. The molecule has 1 amide bonds. The van der Waals surface area contributed by atoms with Crippen LogP contribution in [0.4, 0.5) is 0 Å². The zero-order valence-corrected chi connectivity index (χ0v) is 19.9. The molecular formula is C24H19Cl2N5OS. The van der Waals surface area contributed by atoms with Crippen LogP contribution in [0.5, 0.6) is 0 Å². The Labute approximate surface area is 205 Å². The first kappa shape index (κ1) is 23.0. The van der Waals surface area contributed by atoms with Gasteiger partial charge in [-0.2, -0.15) is 5.10 Å². The number of nitrogens with zero attached hydrogens (tertiary/aromatic N) is 4. The van der Waals surface area contributed by atoms with Gasteiger partial charge in [0.1, 0.15) is 0 Å². The molecule has 166 valence electrons. The Morgan fingerprint density at radius 1 is 1.03 bits per heavy atom. The first-order valence-electron chi connectivity index (χ1n) is 9.99. The SMILES string of the molecule is Cc1ccc(-n2c(SCC(=O)N/N=C/c3ccc(Cl)c(Cl)c3)nnc2-c2ccccc2)cc1. The Morgan fingerprint density at radius 2 is 1.79 bits per heavy atom. The molecule has 1 N–H and O–H groups in total. The van der Waals surface area contributed by atoms with E-state index in [2.05, 4.69) is 20.7 Å². The topological polar surface area (TPSA) is 72.2 Å². The Kier molecular flexibility index (Phi) is 7.44. The van der Waals surface area contributed by atoms with Crippen molar-refractivity contribution in [1.82, 2.24) is 20.2 Å². The summed E-state index contributed by atoms with van der Waals surface area (Å²) in [7, 11) is 0. The van der Waals surface area contributed by atoms with Crippen molar-refractivity contribution >= 4 is 47.1 Å². The number of hydrazone groups is 1. The fourth-order valence-electron chi connectivity index (χ4n) is 3.00. The molecule has 0 aliphatic rings. The van der Waals surface area contributed by atoms with Gasteiger partial charge in [-0.1, -0.05) is 89.1 Å². The van der Waals surface area contributed by atoms with E-state index in [0.717, 1.165) is 22.4 Å². The van der Waals surface area contributed by atoms with Crippen LogP contribution in [0.25, 0.3) is 17.1 Å². The van der Waals surface area contributed by atoms with E-state index in [-0.39, 0.29) is 11.7 Å². The molecule has 0 saturated heterocycles. The molecule has 0 aliphatic carbocycles. The van der Waals surface area contributed by atoms with E-state index in [0.29, 0.717) is 21.0 Å². The molecule has 4 rings (SSSR count). The lowest BCUT2D eigenvalue weighted by Crippen LogP contribution is -2.20. The lowest BCUT2D eigenvalue weighted by Gasteiger charge is -2.10. The number of aromatic nitrogens is 3. The standard InChI is InChI=1S/C24H19Cl2N5OS/c1-16-7-10-19(11-8-16)31-23(18-5-3-2-4-6-18)29-30-24(31)33-15-22(32)28-27-14-17-9-12-20(25)21(26)13-17/h2-14H,15H2,1H3,(H,28,32)/b27-14+. The predicted octanol–water partition coefficient (Wildman–Crippen LogP) is 5.79. The first-order chi connectivity index (χ1) is 16.0. The third kappa shape index (κ3) is 5.82. The highest BCUT2D eigenvalue weighted by Gasteiger charge is 2.17. The summed E-state index contributed by atoms with van der Waals surface area (Å²) < 4.78 is 1.95. The number of thioether (sulfide) groups is 1. The Morgan fingerprint density at radius 3 is 2.52 bits per heavy atom. The van der Waals surface area contributed by atoms with Gasteiger partial charge in [-0.3, -0.25) is 9.36 Å². The summed E-state index contributed by atoms with van der Waals surface area (Å²) in [6, 6.07) is 23.0. The van der Waals surface area contributed by atoms with Crippen molar-refractivity contribution in [2.75, 3.05) is 5.75 Å². The largest absolute Gasteiger partial charge is 0.272 e. The summed E-state index contributed by atoms with van der Waals surface area (Å²) in [6.45, 7) is 2.03. The minimum atomic E-state index is -0.268. The zero-order chi connectivity index (χ0) is 23.2. The van der Waals surface area contributed by atoms with Crippen LogP contribution in [0.2, 0.25) is 10.0 Å². The molecule has 0 spiro atoms. The Balaban J connectivity index is 1.49. The van der Waals surface area contributed by atoms with E-state index in [1.165, 1.54) is 18.0 Å². The number of amides is 1. The zero-order valence-electron chi connectivity index (χ0n) is 17.6. The van der Waals surface area contributed by atoms with E-state index in [1.807, 2.05) is 66.1 Å². The number of benzene rings is 3. The molecule has 1 aromatic heterocycles. The Hall–Kier alpha value is -3.13. The number of hydrogen-bond donors (Lipinski definition) is 1. The van der Waals surface area contributed by atoms with Crippen molar-refractivity contribution in [3.63, 3.8) is 0 Å². The van der Waals surface area contributed by atoms with Crippen LogP contribution in [0, 0.1) is 6.92 Å². The van der Waals surface area contributed by atoms with Crippen molar-refractivity contribution in [3.05, 3.63) is 94.0 Å². The van der Waals surface area contributed by atoms with Gasteiger partial charge in [0.25, 0.3) is 5.91 Å². The molecule has 0 radical (unpaired) electrons. The van der Waals surface area contributed by atoms with Crippen molar-refractivity contribution in [2.24, 2.45) is 5.10 Å². The summed E-state index contributed by atoms with van der Waals surface area (Å²) in [5.41, 5.74) is 6.26. The average Bonchev–Trinajstić information content (AvgIpc) is 3.25. The molecule has 0 atom stereocenters. The van der Waals surface area contributed by atoms with Gasteiger partial charge in [-0.25, -0.2) is 5.43 Å². The van der Waals surface area contributed by atoms with E-state index < -0.39 is 0 Å². The van der Waals surface area contributed by atoms with Crippen LogP contribution in [0.15, 0.2) is 83.1 Å². The molecule has 0 bridgehead atoms. The van der Waals surface area contributed by atoms with E-state index in [1.54, 1.807) is 18.2 Å². The van der Waals surface area contributed by atoms with Crippen LogP contribution in [0.3, 0.4) is 0 Å². The molecule has 9 heteroatoms. The maximum Gasteiger partial charge on any atom is 0.250 e. The van der Waals surface area contributed by atoms with Gasteiger partial charge in [0.05, 0.1) is 22.0 Å². The molecule has 0 aliphatic heterocycles. The van der Waals surface area contributed by atoms with Crippen LogP contribution < -0.4 is 5.43 Å². The van der Waals surface area contributed by atoms with E-state index in [9.17, 15) is 4.79 Å². The first-order valence-corrected chi connectivity index (χ1v) is 11.7. The normalized spacial score (nSPS) is 11.1. The fraction of sp³-hybridized carbons (Fsp3) is 0.0833. The third-order valence-corrected chi connectivity index (χ3v) is 6.30. The van der Waals surface area contributed by atoms with Gasteiger partial charge in [-0.15, -0.1) is 10.2 Å². The summed E-state index contributed by atoms with van der Waals surface area (Å²) in [5, 5.41) is 14.2.